The lowest BCUT2D eigenvalue weighted by molar-refractivity contribution is 0.0879. The quantitative estimate of drug-likeness (QED) is 0.782. The summed E-state index contributed by atoms with van der Waals surface area (Å²) in [6.45, 7) is 2.46. The number of Topliss-reactive ketones (excluding diaryl/α,β-unsaturated/α-hetero) is 1. The molecule has 1 unspecified atom stereocenters. The van der Waals surface area contributed by atoms with Crippen LogP contribution in [0.3, 0.4) is 0 Å². The molecule has 16 heavy (non-hydrogen) atoms. The van der Waals surface area contributed by atoms with Gasteiger partial charge < -0.3 is 5.32 Å². The van der Waals surface area contributed by atoms with Crippen LogP contribution in [0.1, 0.15) is 30.1 Å². The Balaban J connectivity index is 2.37. The van der Waals surface area contributed by atoms with Crippen molar-refractivity contribution in [1.29, 1.82) is 0 Å². The zero-order chi connectivity index (χ0) is 11.8. The van der Waals surface area contributed by atoms with Gasteiger partial charge in [0.05, 0.1) is 11.1 Å². The van der Waals surface area contributed by atoms with E-state index in [2.05, 4.69) is 5.32 Å². The summed E-state index contributed by atoms with van der Waals surface area (Å²) in [7, 11) is 0. The van der Waals surface area contributed by atoms with Gasteiger partial charge in [-0.1, -0.05) is 6.07 Å². The molecule has 0 amide bonds. The van der Waals surface area contributed by atoms with E-state index in [1.165, 1.54) is 12.1 Å². The van der Waals surface area contributed by atoms with Crippen LogP contribution in [0.5, 0.6) is 0 Å². The van der Waals surface area contributed by atoms with E-state index in [-0.39, 0.29) is 11.3 Å². The van der Waals surface area contributed by atoms with E-state index in [1.54, 1.807) is 6.92 Å². The molecule has 0 aromatic heterocycles. The molecule has 2 rings (SSSR count). The van der Waals surface area contributed by atoms with Gasteiger partial charge in [0.25, 0.3) is 0 Å². The molecule has 2 nitrogen and oxygen atoms in total. The number of hydrogen-bond donors (Lipinski definition) is 1. The number of halogens is 2. The van der Waals surface area contributed by atoms with E-state index in [4.69, 9.17) is 0 Å². The number of carbonyl (C=O) groups is 1. The van der Waals surface area contributed by atoms with Gasteiger partial charge in [0, 0.05) is 0 Å². The zero-order valence-electron chi connectivity index (χ0n) is 9.02. The summed E-state index contributed by atoms with van der Waals surface area (Å²) < 4.78 is 26.5. The Kier molecular flexibility index (Phi) is 2.76. The summed E-state index contributed by atoms with van der Waals surface area (Å²) in [5, 5.41) is 3.04. The predicted octanol–water partition coefficient (Wildman–Crippen LogP) is 2.29. The van der Waals surface area contributed by atoms with Crippen molar-refractivity contribution >= 4 is 5.78 Å². The Bertz CT molecular complexity index is 425. The third-order valence-electron chi connectivity index (χ3n) is 3.07. The monoisotopic (exact) mass is 225 g/mol. The van der Waals surface area contributed by atoms with E-state index >= 15 is 0 Å². The van der Waals surface area contributed by atoms with Crippen LogP contribution >= 0.6 is 0 Å². The molecule has 1 atom stereocenters. The standard InChI is InChI=1S/C12H13F2NO/c1-12(6-3-7-15-12)11(16)8-4-2-5-9(13)10(8)14/h2,4-5,15H,3,6-7H2,1H3. The highest BCUT2D eigenvalue weighted by Gasteiger charge is 2.37. The second kappa shape index (κ2) is 3.94. The molecule has 1 heterocycles. The minimum Gasteiger partial charge on any atom is -0.305 e. The predicted molar refractivity (Wildman–Crippen MR) is 56.3 cm³/mol. The summed E-state index contributed by atoms with van der Waals surface area (Å²) in [5.41, 5.74) is -0.925. The van der Waals surface area contributed by atoms with Crippen molar-refractivity contribution in [1.82, 2.24) is 5.32 Å². The molecule has 0 bridgehead atoms. The van der Waals surface area contributed by atoms with Gasteiger partial charge in [-0.3, -0.25) is 4.79 Å². The van der Waals surface area contributed by atoms with Gasteiger partial charge in [-0.15, -0.1) is 0 Å². The summed E-state index contributed by atoms with van der Waals surface area (Å²) in [5.74, 6) is -2.41. The Morgan fingerprint density at radius 2 is 2.19 bits per heavy atom. The van der Waals surface area contributed by atoms with Crippen LogP contribution in [0.4, 0.5) is 8.78 Å². The van der Waals surface area contributed by atoms with Crippen molar-refractivity contribution in [3.05, 3.63) is 35.4 Å². The normalized spacial score (nSPS) is 24.7. The Labute approximate surface area is 92.7 Å². The van der Waals surface area contributed by atoms with E-state index in [1.807, 2.05) is 0 Å². The SMILES string of the molecule is CC1(C(=O)c2cccc(F)c2F)CCCN1. The van der Waals surface area contributed by atoms with Gasteiger partial charge in [0.1, 0.15) is 0 Å². The molecule has 1 aromatic rings. The van der Waals surface area contributed by atoms with Gasteiger partial charge in [-0.05, 0) is 38.4 Å². The van der Waals surface area contributed by atoms with Crippen LogP contribution in [-0.2, 0) is 0 Å². The van der Waals surface area contributed by atoms with Gasteiger partial charge in [-0.2, -0.15) is 0 Å². The molecule has 0 aliphatic carbocycles. The van der Waals surface area contributed by atoms with Gasteiger partial charge in [0.2, 0.25) is 0 Å². The molecule has 1 aliphatic rings. The fraction of sp³-hybridized carbons (Fsp3) is 0.417. The Morgan fingerprint density at radius 3 is 2.81 bits per heavy atom. The highest BCUT2D eigenvalue weighted by atomic mass is 19.2. The number of benzene rings is 1. The number of hydrogen-bond acceptors (Lipinski definition) is 2. The zero-order valence-corrected chi connectivity index (χ0v) is 9.02. The number of carbonyl (C=O) groups excluding carboxylic acids is 1. The maximum absolute atomic E-state index is 13.5. The van der Waals surface area contributed by atoms with Gasteiger partial charge in [-0.25, -0.2) is 8.78 Å². The molecule has 0 spiro atoms. The lowest BCUT2D eigenvalue weighted by Crippen LogP contribution is -2.44. The van der Waals surface area contributed by atoms with E-state index in [0.717, 1.165) is 19.0 Å². The molecule has 86 valence electrons. The third-order valence-corrected chi connectivity index (χ3v) is 3.07. The number of rotatable bonds is 2. The summed E-state index contributed by atoms with van der Waals surface area (Å²) in [4.78, 5) is 12.1. The summed E-state index contributed by atoms with van der Waals surface area (Å²) in [6, 6.07) is 3.69. The molecule has 1 fully saturated rings. The van der Waals surface area contributed by atoms with Crippen molar-refractivity contribution in [2.45, 2.75) is 25.3 Å². The van der Waals surface area contributed by atoms with Crippen LogP contribution in [0.2, 0.25) is 0 Å². The van der Waals surface area contributed by atoms with Gasteiger partial charge >= 0.3 is 0 Å². The van der Waals surface area contributed by atoms with Crippen molar-refractivity contribution in [2.24, 2.45) is 0 Å². The van der Waals surface area contributed by atoms with Crippen LogP contribution in [-0.4, -0.2) is 17.9 Å². The van der Waals surface area contributed by atoms with Gasteiger partial charge in [0.15, 0.2) is 17.4 Å². The van der Waals surface area contributed by atoms with Crippen molar-refractivity contribution < 1.29 is 13.6 Å². The molecule has 1 aromatic carbocycles. The first-order chi connectivity index (χ1) is 7.54. The van der Waals surface area contributed by atoms with Crippen molar-refractivity contribution in [3.63, 3.8) is 0 Å². The lowest BCUT2D eigenvalue weighted by Gasteiger charge is -2.22. The van der Waals surface area contributed by atoms with Crippen molar-refractivity contribution in [3.8, 4) is 0 Å². The molecule has 1 aliphatic heterocycles. The smallest absolute Gasteiger partial charge is 0.185 e. The molecule has 1 N–H and O–H groups in total. The first-order valence-electron chi connectivity index (χ1n) is 5.28. The maximum Gasteiger partial charge on any atom is 0.185 e. The Morgan fingerprint density at radius 1 is 1.44 bits per heavy atom. The van der Waals surface area contributed by atoms with Crippen molar-refractivity contribution in [2.75, 3.05) is 6.54 Å². The second-order valence-electron chi connectivity index (χ2n) is 4.29. The first kappa shape index (κ1) is 11.2. The lowest BCUT2D eigenvalue weighted by atomic mass is 9.89. The third kappa shape index (κ3) is 1.73. The van der Waals surface area contributed by atoms with Crippen LogP contribution in [0.25, 0.3) is 0 Å². The maximum atomic E-state index is 13.5. The van der Waals surface area contributed by atoms with Crippen LogP contribution in [0.15, 0.2) is 18.2 Å². The average molecular weight is 225 g/mol. The molecular weight excluding hydrogens is 212 g/mol. The topological polar surface area (TPSA) is 29.1 Å². The minimum atomic E-state index is -1.05. The van der Waals surface area contributed by atoms with E-state index in [0.29, 0.717) is 6.42 Å². The highest BCUT2D eigenvalue weighted by molar-refractivity contribution is 6.03. The van der Waals surface area contributed by atoms with Crippen LogP contribution < -0.4 is 5.32 Å². The number of nitrogens with one attached hydrogen (secondary N) is 1. The highest BCUT2D eigenvalue weighted by Crippen LogP contribution is 2.25. The minimum absolute atomic E-state index is 0.170. The van der Waals surface area contributed by atoms with E-state index in [9.17, 15) is 13.6 Å². The van der Waals surface area contributed by atoms with Crippen LogP contribution in [0, 0.1) is 11.6 Å². The second-order valence-corrected chi connectivity index (χ2v) is 4.29. The summed E-state index contributed by atoms with van der Waals surface area (Å²) >= 11 is 0. The molecule has 4 heteroatoms. The fourth-order valence-electron chi connectivity index (χ4n) is 2.06. The fourth-order valence-corrected chi connectivity index (χ4v) is 2.06. The first-order valence-corrected chi connectivity index (χ1v) is 5.28. The molecular formula is C12H13F2NO. The summed E-state index contributed by atoms with van der Waals surface area (Å²) in [6.07, 6.45) is 1.53. The Hall–Kier alpha value is -1.29. The molecule has 0 saturated carbocycles. The largest absolute Gasteiger partial charge is 0.305 e. The number of ketones is 1. The van der Waals surface area contributed by atoms with E-state index < -0.39 is 17.2 Å². The molecule has 0 radical (unpaired) electrons. The average Bonchev–Trinajstić information content (AvgIpc) is 2.70. The molecule has 1 saturated heterocycles.